The predicted molar refractivity (Wildman–Crippen MR) is 76.3 cm³/mol. The van der Waals surface area contributed by atoms with Crippen LogP contribution in [-0.4, -0.2) is 13.2 Å². The van der Waals surface area contributed by atoms with Gasteiger partial charge in [-0.15, -0.1) is 0 Å². The van der Waals surface area contributed by atoms with Crippen LogP contribution in [0.2, 0.25) is 0 Å². The zero-order chi connectivity index (χ0) is 13.5. The molecule has 0 atom stereocenters. The number of benzene rings is 2. The number of nitrogens with zero attached hydrogens (tertiary/aromatic N) is 1. The summed E-state index contributed by atoms with van der Waals surface area (Å²) < 4.78 is 12.1. The van der Waals surface area contributed by atoms with Crippen LogP contribution < -0.4 is 9.47 Å². The molecule has 0 unspecified atom stereocenters. The summed E-state index contributed by atoms with van der Waals surface area (Å²) in [5.74, 6) is 1.48. The van der Waals surface area contributed by atoms with E-state index in [0.29, 0.717) is 24.5 Å². The maximum Gasteiger partial charge on any atom is 0.122 e. The van der Waals surface area contributed by atoms with E-state index in [4.69, 9.17) is 14.7 Å². The van der Waals surface area contributed by atoms with E-state index in [1.54, 1.807) is 18.2 Å². The smallest absolute Gasteiger partial charge is 0.122 e. The molecule has 96 valence electrons. The van der Waals surface area contributed by atoms with Gasteiger partial charge in [-0.25, -0.2) is 0 Å². The molecule has 0 aliphatic rings. The third-order valence-corrected chi connectivity index (χ3v) is 2.93. The van der Waals surface area contributed by atoms with Gasteiger partial charge in [-0.1, -0.05) is 22.0 Å². The Kier molecular flexibility index (Phi) is 4.82. The van der Waals surface area contributed by atoms with Crippen LogP contribution in [0.1, 0.15) is 5.56 Å². The monoisotopic (exact) mass is 317 g/mol. The van der Waals surface area contributed by atoms with Crippen molar-refractivity contribution in [2.75, 3.05) is 13.2 Å². The number of rotatable bonds is 5. The predicted octanol–water partition coefficient (Wildman–Crippen LogP) is 3.78. The highest BCUT2D eigenvalue weighted by atomic mass is 79.9. The van der Waals surface area contributed by atoms with Crippen molar-refractivity contribution in [3.05, 3.63) is 58.6 Å². The van der Waals surface area contributed by atoms with E-state index < -0.39 is 0 Å². The van der Waals surface area contributed by atoms with Crippen molar-refractivity contribution in [2.24, 2.45) is 0 Å². The van der Waals surface area contributed by atoms with Crippen molar-refractivity contribution in [3.63, 3.8) is 0 Å². The average molecular weight is 318 g/mol. The minimum atomic E-state index is 0.435. The first kappa shape index (κ1) is 13.4. The van der Waals surface area contributed by atoms with Gasteiger partial charge in [0.15, 0.2) is 0 Å². The molecule has 3 nitrogen and oxygen atoms in total. The van der Waals surface area contributed by atoms with Gasteiger partial charge in [0.05, 0.1) is 11.6 Å². The van der Waals surface area contributed by atoms with Gasteiger partial charge < -0.3 is 9.47 Å². The largest absolute Gasteiger partial charge is 0.490 e. The summed E-state index contributed by atoms with van der Waals surface area (Å²) in [5, 5.41) is 8.77. The third-order valence-electron chi connectivity index (χ3n) is 2.40. The van der Waals surface area contributed by atoms with Crippen molar-refractivity contribution in [1.29, 1.82) is 5.26 Å². The number of hydrogen-bond donors (Lipinski definition) is 0. The fraction of sp³-hybridized carbons (Fsp3) is 0.133. The molecule has 2 aromatic rings. The molecule has 0 aliphatic heterocycles. The minimum absolute atomic E-state index is 0.435. The van der Waals surface area contributed by atoms with E-state index in [0.717, 1.165) is 10.2 Å². The Morgan fingerprint density at radius 1 is 0.947 bits per heavy atom. The molecule has 4 heteroatoms. The second-order valence-corrected chi connectivity index (χ2v) is 4.71. The molecule has 0 spiro atoms. The van der Waals surface area contributed by atoms with Crippen LogP contribution >= 0.6 is 15.9 Å². The summed E-state index contributed by atoms with van der Waals surface area (Å²) >= 11 is 3.36. The fourth-order valence-electron chi connectivity index (χ4n) is 1.51. The lowest BCUT2D eigenvalue weighted by atomic mass is 10.2. The normalized spacial score (nSPS) is 9.68. The topological polar surface area (TPSA) is 42.2 Å². The standard InChI is InChI=1S/C15H12BrNO2/c16-13-4-6-14(7-5-13)18-8-9-19-15-3-1-2-12(10-15)11-17/h1-7,10H,8-9H2. The molecule has 2 aromatic carbocycles. The van der Waals surface area contributed by atoms with E-state index in [-0.39, 0.29) is 0 Å². The van der Waals surface area contributed by atoms with E-state index in [9.17, 15) is 0 Å². The van der Waals surface area contributed by atoms with Crippen LogP contribution in [0.15, 0.2) is 53.0 Å². The van der Waals surface area contributed by atoms with Crippen molar-refractivity contribution in [2.45, 2.75) is 0 Å². The van der Waals surface area contributed by atoms with Gasteiger partial charge in [0, 0.05) is 4.47 Å². The average Bonchev–Trinajstić information content (AvgIpc) is 2.46. The molecule has 0 fully saturated rings. The Bertz CT molecular complexity index is 575. The van der Waals surface area contributed by atoms with Gasteiger partial charge >= 0.3 is 0 Å². The Hall–Kier alpha value is -1.99. The van der Waals surface area contributed by atoms with Crippen molar-refractivity contribution >= 4 is 15.9 Å². The summed E-state index contributed by atoms with van der Waals surface area (Å²) in [7, 11) is 0. The van der Waals surface area contributed by atoms with Crippen molar-refractivity contribution in [1.82, 2.24) is 0 Å². The Balaban J connectivity index is 1.77. The first-order valence-corrected chi connectivity index (χ1v) is 6.58. The van der Waals surface area contributed by atoms with E-state index in [2.05, 4.69) is 22.0 Å². The Morgan fingerprint density at radius 3 is 2.32 bits per heavy atom. The quantitative estimate of drug-likeness (QED) is 0.788. The lowest BCUT2D eigenvalue weighted by Gasteiger charge is -2.08. The Labute approximate surface area is 120 Å². The molecule has 0 saturated heterocycles. The molecule has 0 amide bonds. The zero-order valence-corrected chi connectivity index (χ0v) is 11.8. The molecule has 0 N–H and O–H groups in total. The molecule has 0 bridgehead atoms. The number of halogens is 1. The van der Waals surface area contributed by atoms with Gasteiger partial charge in [-0.05, 0) is 42.5 Å². The van der Waals surface area contributed by atoms with Crippen molar-refractivity contribution < 1.29 is 9.47 Å². The van der Waals surface area contributed by atoms with Crippen molar-refractivity contribution in [3.8, 4) is 17.6 Å². The molecular weight excluding hydrogens is 306 g/mol. The zero-order valence-electron chi connectivity index (χ0n) is 10.2. The number of hydrogen-bond acceptors (Lipinski definition) is 3. The summed E-state index contributed by atoms with van der Waals surface area (Å²) in [6.45, 7) is 0.892. The van der Waals surface area contributed by atoms with Crippen LogP contribution in [0.4, 0.5) is 0 Å². The van der Waals surface area contributed by atoms with Crippen LogP contribution in [0.5, 0.6) is 11.5 Å². The highest BCUT2D eigenvalue weighted by molar-refractivity contribution is 9.10. The van der Waals surface area contributed by atoms with E-state index >= 15 is 0 Å². The molecular formula is C15H12BrNO2. The third kappa shape index (κ3) is 4.31. The second-order valence-electron chi connectivity index (χ2n) is 3.79. The molecule has 19 heavy (non-hydrogen) atoms. The first-order valence-electron chi connectivity index (χ1n) is 5.79. The van der Waals surface area contributed by atoms with Crippen LogP contribution in [0, 0.1) is 11.3 Å². The lowest BCUT2D eigenvalue weighted by Crippen LogP contribution is -2.08. The summed E-state index contributed by atoms with van der Waals surface area (Å²) in [4.78, 5) is 0. The Morgan fingerprint density at radius 2 is 1.63 bits per heavy atom. The molecule has 0 aliphatic carbocycles. The molecule has 0 heterocycles. The SMILES string of the molecule is N#Cc1cccc(OCCOc2ccc(Br)cc2)c1. The van der Waals surface area contributed by atoms with Crippen LogP contribution in [-0.2, 0) is 0 Å². The van der Waals surface area contributed by atoms with Crippen LogP contribution in [0.25, 0.3) is 0 Å². The van der Waals surface area contributed by atoms with Gasteiger partial charge in [0.2, 0.25) is 0 Å². The lowest BCUT2D eigenvalue weighted by molar-refractivity contribution is 0.217. The molecule has 0 aromatic heterocycles. The maximum absolute atomic E-state index is 8.77. The van der Waals surface area contributed by atoms with Gasteiger partial charge in [-0.2, -0.15) is 5.26 Å². The first-order chi connectivity index (χ1) is 9.28. The molecule has 2 rings (SSSR count). The fourth-order valence-corrected chi connectivity index (χ4v) is 1.77. The second kappa shape index (κ2) is 6.81. The van der Waals surface area contributed by atoms with Gasteiger partial charge in [0.25, 0.3) is 0 Å². The maximum atomic E-state index is 8.77. The summed E-state index contributed by atoms with van der Waals surface area (Å²) in [6.07, 6.45) is 0. The van der Waals surface area contributed by atoms with Gasteiger partial charge in [0.1, 0.15) is 24.7 Å². The summed E-state index contributed by atoms with van der Waals surface area (Å²) in [5.41, 5.74) is 0.589. The summed E-state index contributed by atoms with van der Waals surface area (Å²) in [6, 6.07) is 16.8. The number of ether oxygens (including phenoxy) is 2. The van der Waals surface area contributed by atoms with E-state index in [1.165, 1.54) is 0 Å². The van der Waals surface area contributed by atoms with E-state index in [1.807, 2.05) is 30.3 Å². The van der Waals surface area contributed by atoms with Crippen LogP contribution in [0.3, 0.4) is 0 Å². The molecule has 0 radical (unpaired) electrons. The minimum Gasteiger partial charge on any atom is -0.490 e. The van der Waals surface area contributed by atoms with Gasteiger partial charge in [-0.3, -0.25) is 0 Å². The highest BCUT2D eigenvalue weighted by Crippen LogP contribution is 2.16. The number of nitriles is 1. The highest BCUT2D eigenvalue weighted by Gasteiger charge is 1.97. The molecule has 0 saturated carbocycles.